The molecule has 6 heteroatoms. The lowest BCUT2D eigenvalue weighted by Gasteiger charge is -2.39. The lowest BCUT2D eigenvalue weighted by atomic mass is 9.68. The Hall–Kier alpha value is -2.65. The minimum Gasteiger partial charge on any atom is -0.497 e. The minimum absolute atomic E-state index is 0.324. The van der Waals surface area contributed by atoms with Crippen molar-refractivity contribution in [2.45, 2.75) is 50.4 Å². The van der Waals surface area contributed by atoms with Gasteiger partial charge in [-0.05, 0) is 43.7 Å². The monoisotopic (exact) mass is 370 g/mol. The molecule has 27 heavy (non-hydrogen) atoms. The molecule has 1 aromatic rings. The number of nitrogens with zero attached hydrogens (tertiary/aromatic N) is 2. The molecule has 0 spiro atoms. The maximum atomic E-state index is 11.6. The number of rotatable bonds is 7. The van der Waals surface area contributed by atoms with Gasteiger partial charge in [-0.15, -0.1) is 0 Å². The minimum atomic E-state index is -1.15. The fourth-order valence-corrected chi connectivity index (χ4v) is 3.80. The highest BCUT2D eigenvalue weighted by Crippen LogP contribution is 2.43. The van der Waals surface area contributed by atoms with Crippen LogP contribution in [0.4, 0.5) is 0 Å². The van der Waals surface area contributed by atoms with Crippen molar-refractivity contribution in [3.63, 3.8) is 0 Å². The van der Waals surface area contributed by atoms with Gasteiger partial charge in [0.1, 0.15) is 17.6 Å². The van der Waals surface area contributed by atoms with Crippen LogP contribution in [-0.2, 0) is 16.0 Å². The van der Waals surface area contributed by atoms with E-state index in [4.69, 9.17) is 16.0 Å². The predicted molar refractivity (Wildman–Crippen MR) is 104 cm³/mol. The molecule has 0 aliphatic heterocycles. The number of carbonyl (C=O) groups excluding carboxylic acids is 1. The first kappa shape index (κ1) is 20.7. The second-order valence-corrected chi connectivity index (χ2v) is 6.89. The fourth-order valence-electron chi connectivity index (χ4n) is 3.80. The Bertz CT molecular complexity index is 738. The number of aliphatic imine (C=N–C) groups is 1. The molecule has 144 valence electrons. The topological polar surface area (TPSA) is 72.5 Å². The molecule has 4 atom stereocenters. The van der Waals surface area contributed by atoms with Crippen LogP contribution in [0.5, 0.6) is 5.75 Å². The number of methoxy groups -OCH3 is 1. The molecule has 2 rings (SSSR count). The fraction of sp³-hybridized carbons (Fsp3) is 0.476. The summed E-state index contributed by atoms with van der Waals surface area (Å²) in [5.41, 5.74) is 0.0699. The second kappa shape index (κ2) is 8.83. The van der Waals surface area contributed by atoms with Crippen molar-refractivity contribution in [1.29, 1.82) is 0 Å². The molecule has 0 radical (unpaired) electrons. The van der Waals surface area contributed by atoms with Crippen LogP contribution in [0.2, 0.25) is 0 Å². The van der Waals surface area contributed by atoms with Crippen LogP contribution in [0.1, 0.15) is 31.7 Å². The van der Waals surface area contributed by atoms with Crippen molar-refractivity contribution in [3.05, 3.63) is 53.5 Å². The average Bonchev–Trinajstić information content (AvgIpc) is 2.67. The Kier molecular flexibility index (Phi) is 6.75. The molecule has 6 nitrogen and oxygen atoms in total. The average molecular weight is 370 g/mol. The summed E-state index contributed by atoms with van der Waals surface area (Å²) in [6, 6.07) is 7.42. The summed E-state index contributed by atoms with van der Waals surface area (Å²) >= 11 is 0. The number of hydrogen-bond acceptors (Lipinski definition) is 5. The summed E-state index contributed by atoms with van der Waals surface area (Å²) in [4.78, 5) is 19.5. The third-order valence-corrected chi connectivity index (χ3v) is 5.21. The number of carbonyl (C=O) groups is 1. The molecule has 1 saturated carbocycles. The van der Waals surface area contributed by atoms with Gasteiger partial charge in [-0.1, -0.05) is 18.7 Å². The molecule has 0 amide bonds. The highest BCUT2D eigenvalue weighted by atomic mass is 16.5. The first-order valence-electron chi connectivity index (χ1n) is 8.89. The van der Waals surface area contributed by atoms with E-state index >= 15 is 0 Å². The number of ether oxygens (including phenoxy) is 2. The molecule has 0 bridgehead atoms. The van der Waals surface area contributed by atoms with E-state index in [2.05, 4.69) is 23.1 Å². The van der Waals surface area contributed by atoms with Crippen LogP contribution in [0.3, 0.4) is 0 Å². The van der Waals surface area contributed by atoms with Crippen molar-refractivity contribution in [2.75, 3.05) is 7.11 Å². The first-order chi connectivity index (χ1) is 12.9. The van der Waals surface area contributed by atoms with Gasteiger partial charge in [-0.3, -0.25) is 9.79 Å². The quantitative estimate of drug-likeness (QED) is 0.454. The number of aliphatic hydroxyl groups is 1. The Balaban J connectivity index is 2.46. The molecule has 1 aliphatic rings. The van der Waals surface area contributed by atoms with Gasteiger partial charge in [0.15, 0.2) is 0 Å². The summed E-state index contributed by atoms with van der Waals surface area (Å²) in [7, 11) is 1.59. The molecule has 1 N–H and O–H groups in total. The number of hydrogen-bond donors (Lipinski definition) is 1. The zero-order chi connectivity index (χ0) is 20.0. The van der Waals surface area contributed by atoms with Gasteiger partial charge in [0, 0.05) is 6.92 Å². The van der Waals surface area contributed by atoms with Gasteiger partial charge in [-0.25, -0.2) is 6.57 Å². The molecule has 1 aromatic carbocycles. The Morgan fingerprint density at radius 1 is 1.41 bits per heavy atom. The molecule has 1 fully saturated rings. The summed E-state index contributed by atoms with van der Waals surface area (Å²) in [6.07, 6.45) is 0.654. The van der Waals surface area contributed by atoms with E-state index in [9.17, 15) is 9.90 Å². The second-order valence-electron chi connectivity index (χ2n) is 6.89. The zero-order valence-corrected chi connectivity index (χ0v) is 15.9. The van der Waals surface area contributed by atoms with Crippen LogP contribution in [0.25, 0.3) is 4.85 Å². The van der Waals surface area contributed by atoms with Crippen molar-refractivity contribution in [1.82, 2.24) is 0 Å². The van der Waals surface area contributed by atoms with Gasteiger partial charge >= 0.3 is 5.97 Å². The van der Waals surface area contributed by atoms with Crippen LogP contribution in [0.15, 0.2) is 41.5 Å². The third-order valence-electron chi connectivity index (χ3n) is 5.21. The van der Waals surface area contributed by atoms with Crippen LogP contribution < -0.4 is 4.74 Å². The Labute approximate surface area is 160 Å². The molecule has 0 aromatic heterocycles. The van der Waals surface area contributed by atoms with Crippen LogP contribution >= 0.6 is 0 Å². The molecular weight excluding hydrogens is 344 g/mol. The van der Waals surface area contributed by atoms with Gasteiger partial charge in [-0.2, -0.15) is 0 Å². The number of esters is 1. The molecule has 0 heterocycles. The summed E-state index contributed by atoms with van der Waals surface area (Å²) in [5, 5.41) is 10.2. The normalized spacial score (nSPS) is 24.1. The Morgan fingerprint density at radius 2 is 2.07 bits per heavy atom. The summed E-state index contributed by atoms with van der Waals surface area (Å²) < 4.78 is 10.7. The van der Waals surface area contributed by atoms with Crippen molar-refractivity contribution >= 4 is 12.7 Å². The standard InChI is InChI=1S/C21H26N2O4/c1-14(22-3)21(23-4,13-16-6-9-18(26-5)10-7-16)19-12-17(25)8-11-20(19)27-15(2)24/h6-7,9-10,17,19-20,25H,1,3,8,11-13H2,2,5H3/t17-,19-,20-,21?/m0/s1. The van der Waals surface area contributed by atoms with Gasteiger partial charge < -0.3 is 19.4 Å². The summed E-state index contributed by atoms with van der Waals surface area (Å²) in [5.74, 6) is -0.108. The van der Waals surface area contributed by atoms with Gasteiger partial charge in [0.05, 0.1) is 25.6 Å². The van der Waals surface area contributed by atoms with Crippen molar-refractivity contribution in [2.24, 2.45) is 10.9 Å². The predicted octanol–water partition coefficient (Wildman–Crippen LogP) is 3.20. The maximum Gasteiger partial charge on any atom is 0.302 e. The van der Waals surface area contributed by atoms with Gasteiger partial charge in [0.25, 0.3) is 5.54 Å². The van der Waals surface area contributed by atoms with E-state index in [1.165, 1.54) is 6.92 Å². The molecule has 1 aliphatic carbocycles. The van der Waals surface area contributed by atoms with Crippen LogP contribution in [-0.4, -0.2) is 42.7 Å². The smallest absolute Gasteiger partial charge is 0.302 e. The lowest BCUT2D eigenvalue weighted by Crippen LogP contribution is -2.50. The highest BCUT2D eigenvalue weighted by Gasteiger charge is 2.54. The van der Waals surface area contributed by atoms with E-state index < -0.39 is 29.6 Å². The van der Waals surface area contributed by atoms with E-state index in [0.29, 0.717) is 31.4 Å². The maximum absolute atomic E-state index is 11.6. The van der Waals surface area contributed by atoms with E-state index in [1.807, 2.05) is 24.3 Å². The number of aliphatic hydroxyl groups excluding tert-OH is 1. The molecule has 0 saturated heterocycles. The molecular formula is C21H26N2O4. The summed E-state index contributed by atoms with van der Waals surface area (Å²) in [6.45, 7) is 16.9. The van der Waals surface area contributed by atoms with E-state index in [0.717, 1.165) is 11.3 Å². The van der Waals surface area contributed by atoms with Crippen molar-refractivity contribution < 1.29 is 19.4 Å². The van der Waals surface area contributed by atoms with E-state index in [-0.39, 0.29) is 0 Å². The van der Waals surface area contributed by atoms with Crippen molar-refractivity contribution in [3.8, 4) is 5.75 Å². The van der Waals surface area contributed by atoms with Gasteiger partial charge in [0.2, 0.25) is 0 Å². The SMILES string of the molecule is [C-]#[N+]C(Cc1ccc(OC)cc1)(C(=C)N=C)[C@H]1C[C@@H](O)CC[C@@H]1OC(C)=O. The van der Waals surface area contributed by atoms with E-state index in [1.54, 1.807) is 7.11 Å². The Morgan fingerprint density at radius 3 is 2.59 bits per heavy atom. The molecule has 1 unspecified atom stereocenters. The first-order valence-corrected chi connectivity index (χ1v) is 8.89. The van der Waals surface area contributed by atoms with Crippen LogP contribution in [0, 0.1) is 12.5 Å². The lowest BCUT2D eigenvalue weighted by molar-refractivity contribution is -0.154. The highest BCUT2D eigenvalue weighted by molar-refractivity contribution is 5.66. The third kappa shape index (κ3) is 4.55. The largest absolute Gasteiger partial charge is 0.497 e. The number of benzene rings is 1. The zero-order valence-electron chi connectivity index (χ0n) is 15.9.